The number of hydrogen-bond acceptors (Lipinski definition) is 4. The molecule has 0 aliphatic carbocycles. The van der Waals surface area contributed by atoms with Gasteiger partial charge in [-0.3, -0.25) is 0 Å². The van der Waals surface area contributed by atoms with Crippen LogP contribution < -0.4 is 9.47 Å². The number of aromatic nitrogens is 3. The number of halogens is 1. The molecule has 0 atom stereocenters. The lowest BCUT2D eigenvalue weighted by molar-refractivity contribution is 0.325. The van der Waals surface area contributed by atoms with Gasteiger partial charge in [-0.25, -0.2) is 9.67 Å². The minimum Gasteiger partial charge on any atom is -0.497 e. The smallest absolute Gasteiger partial charge is 0.242 e. The molecule has 0 saturated carbocycles. The van der Waals surface area contributed by atoms with Crippen LogP contribution in [-0.4, -0.2) is 28.5 Å². The average Bonchev–Trinajstić information content (AvgIpc) is 2.86. The summed E-state index contributed by atoms with van der Waals surface area (Å²) in [7, 11) is 1.66. The summed E-state index contributed by atoms with van der Waals surface area (Å²) in [4.78, 5) is 4.46. The molecule has 6 heteroatoms. The first-order chi connectivity index (χ1) is 10.7. The van der Waals surface area contributed by atoms with Crippen molar-refractivity contribution in [1.82, 2.24) is 14.8 Å². The van der Waals surface area contributed by atoms with Crippen LogP contribution in [-0.2, 0) is 6.54 Å². The van der Waals surface area contributed by atoms with E-state index in [-0.39, 0.29) is 0 Å². The number of benzene rings is 1. The van der Waals surface area contributed by atoms with Gasteiger partial charge in [-0.05, 0) is 46.6 Å². The predicted molar refractivity (Wildman–Crippen MR) is 88.5 cm³/mol. The van der Waals surface area contributed by atoms with Crippen molar-refractivity contribution in [3.05, 3.63) is 46.6 Å². The molecular weight excluding hydrogens is 346 g/mol. The molecule has 0 amide bonds. The van der Waals surface area contributed by atoms with E-state index >= 15 is 0 Å². The van der Waals surface area contributed by atoms with Gasteiger partial charge in [-0.15, -0.1) is 5.10 Å². The standard InChI is InChI=1S/C16H16BrN3O2/c1-3-22-16-14-8-12(17)9-18-15(14)20(19-16)10-11-4-6-13(21-2)7-5-11/h4-9H,3,10H2,1-2H3. The number of methoxy groups -OCH3 is 1. The van der Waals surface area contributed by atoms with Crippen LogP contribution in [0.1, 0.15) is 12.5 Å². The van der Waals surface area contributed by atoms with Crippen LogP contribution in [0.15, 0.2) is 41.0 Å². The molecule has 0 unspecified atom stereocenters. The average molecular weight is 362 g/mol. The summed E-state index contributed by atoms with van der Waals surface area (Å²) in [5.41, 5.74) is 1.93. The molecule has 0 aliphatic rings. The van der Waals surface area contributed by atoms with Crippen LogP contribution in [0, 0.1) is 0 Å². The summed E-state index contributed by atoms with van der Waals surface area (Å²) in [5, 5.41) is 5.45. The molecule has 2 aromatic heterocycles. The van der Waals surface area contributed by atoms with E-state index in [0.29, 0.717) is 19.0 Å². The number of ether oxygens (including phenoxy) is 2. The van der Waals surface area contributed by atoms with Crippen molar-refractivity contribution < 1.29 is 9.47 Å². The molecule has 1 aromatic carbocycles. The number of fused-ring (bicyclic) bond motifs is 1. The van der Waals surface area contributed by atoms with Crippen LogP contribution in [0.25, 0.3) is 11.0 Å². The maximum absolute atomic E-state index is 5.62. The van der Waals surface area contributed by atoms with Crippen LogP contribution in [0.3, 0.4) is 0 Å². The zero-order chi connectivity index (χ0) is 15.5. The van der Waals surface area contributed by atoms with E-state index < -0.39 is 0 Å². The third-order valence-electron chi connectivity index (χ3n) is 3.29. The zero-order valence-corrected chi connectivity index (χ0v) is 14.0. The van der Waals surface area contributed by atoms with Crippen LogP contribution >= 0.6 is 15.9 Å². The Bertz CT molecular complexity index is 784. The van der Waals surface area contributed by atoms with Gasteiger partial charge in [0.05, 0.1) is 25.6 Å². The van der Waals surface area contributed by atoms with Crippen LogP contribution in [0.4, 0.5) is 0 Å². The molecule has 0 N–H and O–H groups in total. The normalized spacial score (nSPS) is 10.9. The van der Waals surface area contributed by atoms with Crippen molar-refractivity contribution >= 4 is 27.0 Å². The van der Waals surface area contributed by atoms with Crippen molar-refractivity contribution in [3.8, 4) is 11.6 Å². The molecule has 0 spiro atoms. The molecule has 3 rings (SSSR count). The van der Waals surface area contributed by atoms with Gasteiger partial charge in [-0.2, -0.15) is 0 Å². The highest BCUT2D eigenvalue weighted by atomic mass is 79.9. The Hall–Kier alpha value is -2.08. The Morgan fingerprint density at radius 1 is 1.23 bits per heavy atom. The molecule has 0 fully saturated rings. The Kier molecular flexibility index (Phi) is 4.29. The van der Waals surface area contributed by atoms with Gasteiger partial charge < -0.3 is 9.47 Å². The predicted octanol–water partition coefficient (Wildman–Crippen LogP) is 3.65. The van der Waals surface area contributed by atoms with E-state index in [2.05, 4.69) is 26.0 Å². The molecule has 0 aliphatic heterocycles. The summed E-state index contributed by atoms with van der Waals surface area (Å²) in [6.45, 7) is 3.14. The second-order valence-electron chi connectivity index (χ2n) is 4.77. The Balaban J connectivity index is 1.98. The van der Waals surface area contributed by atoms with Gasteiger partial charge in [-0.1, -0.05) is 12.1 Å². The fraction of sp³-hybridized carbons (Fsp3) is 0.250. The lowest BCUT2D eigenvalue weighted by atomic mass is 10.2. The quantitative estimate of drug-likeness (QED) is 0.695. The summed E-state index contributed by atoms with van der Waals surface area (Å²) in [6.07, 6.45) is 1.77. The van der Waals surface area contributed by atoms with Crippen molar-refractivity contribution in [1.29, 1.82) is 0 Å². The molecule has 3 aromatic rings. The van der Waals surface area contributed by atoms with Gasteiger partial charge in [0.15, 0.2) is 5.65 Å². The maximum Gasteiger partial charge on any atom is 0.242 e. The highest BCUT2D eigenvalue weighted by Gasteiger charge is 2.13. The maximum atomic E-state index is 5.62. The lowest BCUT2D eigenvalue weighted by Gasteiger charge is -2.04. The van der Waals surface area contributed by atoms with Gasteiger partial charge in [0.25, 0.3) is 0 Å². The van der Waals surface area contributed by atoms with Crippen molar-refractivity contribution in [2.75, 3.05) is 13.7 Å². The minimum absolute atomic E-state index is 0.571. The third kappa shape index (κ3) is 2.92. The van der Waals surface area contributed by atoms with Crippen LogP contribution in [0.2, 0.25) is 0 Å². The molecule has 0 saturated heterocycles. The van der Waals surface area contributed by atoms with Gasteiger partial charge in [0.1, 0.15) is 5.75 Å². The summed E-state index contributed by atoms with van der Waals surface area (Å²) >= 11 is 3.44. The number of rotatable bonds is 5. The molecule has 0 bridgehead atoms. The first-order valence-electron chi connectivity index (χ1n) is 6.99. The SMILES string of the molecule is CCOc1nn(Cc2ccc(OC)cc2)c2ncc(Br)cc12. The van der Waals surface area contributed by atoms with E-state index in [1.165, 1.54) is 0 Å². The molecule has 114 valence electrons. The minimum atomic E-state index is 0.571. The largest absolute Gasteiger partial charge is 0.497 e. The fourth-order valence-corrected chi connectivity index (χ4v) is 2.59. The van der Waals surface area contributed by atoms with Gasteiger partial charge in [0.2, 0.25) is 5.88 Å². The third-order valence-corrected chi connectivity index (χ3v) is 3.73. The van der Waals surface area contributed by atoms with Crippen LogP contribution in [0.5, 0.6) is 11.6 Å². The van der Waals surface area contributed by atoms with Gasteiger partial charge in [0, 0.05) is 10.7 Å². The Labute approximate surface area is 137 Å². The number of nitrogens with zero attached hydrogens (tertiary/aromatic N) is 3. The zero-order valence-electron chi connectivity index (χ0n) is 12.4. The second kappa shape index (κ2) is 6.36. The second-order valence-corrected chi connectivity index (χ2v) is 5.68. The van der Waals surface area contributed by atoms with Crippen molar-refractivity contribution in [2.45, 2.75) is 13.5 Å². The number of hydrogen-bond donors (Lipinski definition) is 0. The van der Waals surface area contributed by atoms with E-state index in [1.54, 1.807) is 13.3 Å². The van der Waals surface area contributed by atoms with E-state index in [1.807, 2.05) is 41.9 Å². The Morgan fingerprint density at radius 2 is 2.00 bits per heavy atom. The first-order valence-corrected chi connectivity index (χ1v) is 7.78. The fourth-order valence-electron chi connectivity index (χ4n) is 2.26. The lowest BCUT2D eigenvalue weighted by Crippen LogP contribution is -2.03. The summed E-state index contributed by atoms with van der Waals surface area (Å²) in [5.74, 6) is 1.45. The molecule has 2 heterocycles. The first kappa shape index (κ1) is 14.8. The topological polar surface area (TPSA) is 49.2 Å². The number of pyridine rings is 1. The van der Waals surface area contributed by atoms with E-state index in [0.717, 1.165) is 26.8 Å². The van der Waals surface area contributed by atoms with Crippen molar-refractivity contribution in [3.63, 3.8) is 0 Å². The highest BCUT2D eigenvalue weighted by Crippen LogP contribution is 2.27. The van der Waals surface area contributed by atoms with Gasteiger partial charge >= 0.3 is 0 Å². The highest BCUT2D eigenvalue weighted by molar-refractivity contribution is 9.10. The molecule has 5 nitrogen and oxygen atoms in total. The monoisotopic (exact) mass is 361 g/mol. The summed E-state index contributed by atoms with van der Waals surface area (Å²) in [6, 6.07) is 9.89. The molecular formula is C16H16BrN3O2. The molecule has 22 heavy (non-hydrogen) atoms. The molecule has 0 radical (unpaired) electrons. The Morgan fingerprint density at radius 3 is 2.68 bits per heavy atom. The summed E-state index contributed by atoms with van der Waals surface area (Å²) < 4.78 is 13.6. The van der Waals surface area contributed by atoms with Crippen molar-refractivity contribution in [2.24, 2.45) is 0 Å². The van der Waals surface area contributed by atoms with E-state index in [4.69, 9.17) is 9.47 Å². The van der Waals surface area contributed by atoms with E-state index in [9.17, 15) is 0 Å².